The molecule has 11 heteroatoms. The summed E-state index contributed by atoms with van der Waals surface area (Å²) in [5.74, 6) is -3.34. The fourth-order valence-corrected chi connectivity index (χ4v) is 3.28. The van der Waals surface area contributed by atoms with Gasteiger partial charge in [0.25, 0.3) is 0 Å². The maximum Gasteiger partial charge on any atom is 0.326 e. The van der Waals surface area contributed by atoms with Crippen LogP contribution in [-0.2, 0) is 33.5 Å². The number of allylic oxidation sites excluding steroid dienone is 1. The first kappa shape index (κ1) is 29.8. The number of ether oxygens (including phenoxy) is 1. The smallest absolute Gasteiger partial charge is 0.326 e. The van der Waals surface area contributed by atoms with Crippen molar-refractivity contribution in [2.75, 3.05) is 6.54 Å². The molecule has 1 aliphatic heterocycles. The highest BCUT2D eigenvalue weighted by Gasteiger charge is 2.34. The molecule has 3 atom stereocenters. The number of carbonyl (C=O) groups excluding carboxylic acids is 6. The van der Waals surface area contributed by atoms with Crippen LogP contribution in [-0.4, -0.2) is 65.7 Å². The van der Waals surface area contributed by atoms with Gasteiger partial charge in [-0.05, 0) is 46.1 Å². The zero-order valence-electron chi connectivity index (χ0n) is 21.2. The highest BCUT2D eigenvalue weighted by atomic mass is 16.5. The molecule has 4 amide bonds. The van der Waals surface area contributed by atoms with Crippen molar-refractivity contribution in [3.05, 3.63) is 12.2 Å². The van der Waals surface area contributed by atoms with Gasteiger partial charge in [-0.1, -0.05) is 26.3 Å². The van der Waals surface area contributed by atoms with Gasteiger partial charge in [0.2, 0.25) is 23.6 Å². The van der Waals surface area contributed by atoms with Crippen molar-refractivity contribution in [2.24, 2.45) is 0 Å². The summed E-state index contributed by atoms with van der Waals surface area (Å²) >= 11 is 0. The van der Waals surface area contributed by atoms with Gasteiger partial charge >= 0.3 is 5.97 Å². The minimum Gasteiger partial charge on any atom is -0.456 e. The zero-order valence-corrected chi connectivity index (χ0v) is 21.2. The van der Waals surface area contributed by atoms with E-state index < -0.39 is 59.9 Å². The maximum atomic E-state index is 13.0. The van der Waals surface area contributed by atoms with Crippen molar-refractivity contribution in [3.8, 4) is 0 Å². The number of carbonyl (C=O) groups is 6. The summed E-state index contributed by atoms with van der Waals surface area (Å²) in [6, 6.07) is -2.05. The Labute approximate surface area is 206 Å². The van der Waals surface area contributed by atoms with E-state index in [0.29, 0.717) is 6.42 Å². The highest BCUT2D eigenvalue weighted by molar-refractivity contribution is 5.96. The van der Waals surface area contributed by atoms with Crippen LogP contribution in [0, 0.1) is 0 Å². The molecule has 0 aromatic carbocycles. The molecule has 0 aromatic rings. The van der Waals surface area contributed by atoms with Crippen LogP contribution in [0.25, 0.3) is 0 Å². The number of ketones is 1. The molecule has 35 heavy (non-hydrogen) atoms. The number of esters is 1. The van der Waals surface area contributed by atoms with E-state index in [2.05, 4.69) is 21.3 Å². The Bertz CT molecular complexity index is 838. The Morgan fingerprint density at radius 1 is 1.06 bits per heavy atom. The van der Waals surface area contributed by atoms with Crippen molar-refractivity contribution in [1.29, 1.82) is 0 Å². The van der Waals surface area contributed by atoms with Crippen molar-refractivity contribution in [3.63, 3.8) is 0 Å². The van der Waals surface area contributed by atoms with E-state index in [4.69, 9.17) is 4.74 Å². The van der Waals surface area contributed by atoms with Crippen molar-refractivity contribution < 1.29 is 33.5 Å². The number of rotatable bonds is 7. The van der Waals surface area contributed by atoms with Gasteiger partial charge in [0.15, 0.2) is 0 Å². The fourth-order valence-electron chi connectivity index (χ4n) is 3.28. The second-order valence-corrected chi connectivity index (χ2v) is 9.08. The summed E-state index contributed by atoms with van der Waals surface area (Å²) in [5, 5.41) is 10.2. The molecule has 1 saturated heterocycles. The Kier molecular flexibility index (Phi) is 12.1. The number of nitrogens with one attached hydrogen (secondary N) is 4. The van der Waals surface area contributed by atoms with Gasteiger partial charge < -0.3 is 30.8 Å². The standard InChI is InChI=1S/C24H38N4O7/c1-6-8-9-10-16-13-19(30)26-18(12-11-15(3)29)21(32)27-17(7-2)22(33)28-24(4,5)23(34)25-14-20(31)35-16/h9-10,16-18H,6-8,11-14H2,1-5H3,(H,25,34)(H,26,30)(H,27,32)(H,28,33)/b10-9+/t16-,17-,18-/m1/s1. The highest BCUT2D eigenvalue weighted by Crippen LogP contribution is 2.09. The normalized spacial score (nSPS) is 24.7. The van der Waals surface area contributed by atoms with Crippen LogP contribution in [0.5, 0.6) is 0 Å². The van der Waals surface area contributed by atoms with Gasteiger partial charge in [0.05, 0.1) is 6.42 Å². The molecule has 1 heterocycles. The van der Waals surface area contributed by atoms with E-state index in [-0.39, 0.29) is 31.5 Å². The third-order valence-corrected chi connectivity index (χ3v) is 5.35. The van der Waals surface area contributed by atoms with Crippen LogP contribution >= 0.6 is 0 Å². The van der Waals surface area contributed by atoms with E-state index in [1.165, 1.54) is 20.8 Å². The molecule has 4 N–H and O–H groups in total. The Hall–Kier alpha value is -3.24. The summed E-state index contributed by atoms with van der Waals surface area (Å²) in [7, 11) is 0. The van der Waals surface area contributed by atoms with Crippen LogP contribution in [0.2, 0.25) is 0 Å². The minimum atomic E-state index is -1.38. The van der Waals surface area contributed by atoms with Crippen molar-refractivity contribution >= 4 is 35.4 Å². The predicted octanol–water partition coefficient (Wildman–Crippen LogP) is 0.418. The SMILES string of the molecule is CCC/C=C/[C@@H]1CC(=O)N[C@H](CCC(C)=O)C(=O)N[C@H](CC)C(=O)NC(C)(C)C(=O)NCC(=O)O1. The van der Waals surface area contributed by atoms with E-state index in [0.717, 1.165) is 6.42 Å². The van der Waals surface area contributed by atoms with Crippen LogP contribution in [0.15, 0.2) is 12.2 Å². The number of hydrogen-bond acceptors (Lipinski definition) is 7. The number of unbranched alkanes of at least 4 members (excludes halogenated alkanes) is 1. The zero-order chi connectivity index (χ0) is 26.6. The molecule has 0 aromatic heterocycles. The quantitative estimate of drug-likeness (QED) is 0.295. The molecule has 1 fully saturated rings. The first-order valence-electron chi connectivity index (χ1n) is 11.9. The van der Waals surface area contributed by atoms with Gasteiger partial charge in [-0.3, -0.25) is 24.0 Å². The Morgan fingerprint density at radius 2 is 1.74 bits per heavy atom. The van der Waals surface area contributed by atoms with E-state index in [9.17, 15) is 28.8 Å². The van der Waals surface area contributed by atoms with Crippen LogP contribution in [0.3, 0.4) is 0 Å². The molecule has 0 unspecified atom stereocenters. The lowest BCUT2D eigenvalue weighted by Gasteiger charge is -2.29. The predicted molar refractivity (Wildman–Crippen MR) is 128 cm³/mol. The topological polar surface area (TPSA) is 160 Å². The number of Topliss-reactive ketones (excluding diaryl/α,β-unsaturated/α-hetero) is 1. The monoisotopic (exact) mass is 494 g/mol. The van der Waals surface area contributed by atoms with Gasteiger partial charge in [0, 0.05) is 6.42 Å². The molecule has 1 aliphatic rings. The molecule has 0 saturated carbocycles. The van der Waals surface area contributed by atoms with Gasteiger partial charge in [-0.25, -0.2) is 0 Å². The summed E-state index contributed by atoms with van der Waals surface area (Å²) in [5.41, 5.74) is -1.38. The van der Waals surface area contributed by atoms with E-state index in [1.54, 1.807) is 19.1 Å². The fraction of sp³-hybridized carbons (Fsp3) is 0.667. The molecule has 0 bridgehead atoms. The molecular formula is C24H38N4O7. The molecule has 1 rings (SSSR count). The maximum absolute atomic E-state index is 13.0. The number of cyclic esters (lactones) is 1. The first-order valence-corrected chi connectivity index (χ1v) is 11.9. The van der Waals surface area contributed by atoms with Gasteiger partial charge in [-0.15, -0.1) is 0 Å². The minimum absolute atomic E-state index is 0.0367. The average molecular weight is 495 g/mol. The van der Waals surface area contributed by atoms with E-state index in [1.807, 2.05) is 6.92 Å². The molecule has 0 aliphatic carbocycles. The lowest BCUT2D eigenvalue weighted by molar-refractivity contribution is -0.149. The van der Waals surface area contributed by atoms with Crippen LogP contribution < -0.4 is 21.3 Å². The lowest BCUT2D eigenvalue weighted by Crippen LogP contribution is -2.61. The Balaban J connectivity index is 3.26. The lowest BCUT2D eigenvalue weighted by atomic mass is 10.0. The third-order valence-electron chi connectivity index (χ3n) is 5.35. The second kappa shape index (κ2) is 14.2. The van der Waals surface area contributed by atoms with Crippen molar-refractivity contribution in [2.45, 2.75) is 96.9 Å². The number of hydrogen-bond donors (Lipinski definition) is 4. The molecule has 0 radical (unpaired) electrons. The second-order valence-electron chi connectivity index (χ2n) is 9.08. The first-order chi connectivity index (χ1) is 16.4. The van der Waals surface area contributed by atoms with Crippen molar-refractivity contribution in [1.82, 2.24) is 21.3 Å². The largest absolute Gasteiger partial charge is 0.456 e. The van der Waals surface area contributed by atoms with Gasteiger partial charge in [-0.2, -0.15) is 0 Å². The summed E-state index contributed by atoms with van der Waals surface area (Å²) < 4.78 is 5.36. The molecular weight excluding hydrogens is 456 g/mol. The molecule has 196 valence electrons. The van der Waals surface area contributed by atoms with Gasteiger partial charge in [0.1, 0.15) is 36.1 Å². The number of amides is 4. The van der Waals surface area contributed by atoms with Crippen LogP contribution in [0.1, 0.15) is 73.1 Å². The molecule has 11 nitrogen and oxygen atoms in total. The summed E-state index contributed by atoms with van der Waals surface area (Å²) in [6.07, 6.45) is 4.07. The molecule has 0 spiro atoms. The summed E-state index contributed by atoms with van der Waals surface area (Å²) in [6.45, 7) is 7.51. The summed E-state index contributed by atoms with van der Waals surface area (Å²) in [4.78, 5) is 74.9. The van der Waals surface area contributed by atoms with Crippen LogP contribution in [0.4, 0.5) is 0 Å². The Morgan fingerprint density at radius 3 is 2.34 bits per heavy atom. The van der Waals surface area contributed by atoms with E-state index >= 15 is 0 Å². The third kappa shape index (κ3) is 10.7. The average Bonchev–Trinajstić information content (AvgIpc) is 2.77.